The summed E-state index contributed by atoms with van der Waals surface area (Å²) in [5.41, 5.74) is 5.91. The van der Waals surface area contributed by atoms with Crippen molar-refractivity contribution in [3.63, 3.8) is 0 Å². The summed E-state index contributed by atoms with van der Waals surface area (Å²) >= 11 is 12.6. The number of nitrogens with one attached hydrogen (secondary N) is 1. The molecule has 6 rings (SSSR count). The van der Waals surface area contributed by atoms with Crippen molar-refractivity contribution in [3.05, 3.63) is 62.9 Å². The molecule has 1 aromatic carbocycles. The molecule has 0 saturated carbocycles. The minimum absolute atomic E-state index is 0.121. The van der Waals surface area contributed by atoms with Crippen LogP contribution in [0.2, 0.25) is 10.0 Å². The maximum absolute atomic E-state index is 13.4. The molecule has 0 radical (unpaired) electrons. The summed E-state index contributed by atoms with van der Waals surface area (Å²) in [6.45, 7) is 3.64. The molecule has 230 valence electrons. The van der Waals surface area contributed by atoms with Crippen LogP contribution in [0.15, 0.2) is 41.7 Å². The number of fused-ring (bicyclic) bond motifs is 1. The fourth-order valence-electron chi connectivity index (χ4n) is 5.91. The molecule has 2 fully saturated rings. The van der Waals surface area contributed by atoms with Gasteiger partial charge in [-0.1, -0.05) is 23.2 Å². The summed E-state index contributed by atoms with van der Waals surface area (Å²) < 4.78 is 8.98. The zero-order chi connectivity index (χ0) is 31.3. The van der Waals surface area contributed by atoms with Crippen molar-refractivity contribution in [1.29, 1.82) is 0 Å². The van der Waals surface area contributed by atoms with Crippen LogP contribution < -0.4 is 21.5 Å². The lowest BCUT2D eigenvalue weighted by Gasteiger charge is -2.38. The number of amides is 2. The lowest BCUT2D eigenvalue weighted by Crippen LogP contribution is -2.52. The number of carbonyl (C=O) groups excluding carboxylic acids is 2. The highest BCUT2D eigenvalue weighted by molar-refractivity contribution is 6.34. The summed E-state index contributed by atoms with van der Waals surface area (Å²) in [5.74, 6) is -1.11. The standard InChI is InChI=1S/C29H30Cl2N8O5/c1-36-5-6-44-29(13-36)3-4-38(14-29)22-9-21(20(31)10-33-22)35-23(40)12-39-11-18(24-27(39)34-15-37(2)28(24)43)16-7-17(26(32)42)25(41)19(30)8-16/h7-11,15,41H,3-6,12-14H2,1-2H3,(H2,32,42)(H,33,35,40). The van der Waals surface area contributed by atoms with Crippen molar-refractivity contribution >= 4 is 57.6 Å². The van der Waals surface area contributed by atoms with Gasteiger partial charge >= 0.3 is 0 Å². The topological polar surface area (TPSA) is 161 Å². The SMILES string of the molecule is CN1CCOC2(CCN(c3cc(NC(=O)Cn4cc(-c5cc(Cl)c(O)c(C(N)=O)c5)c5c(=O)n(C)cnc54)c(Cl)cn3)C2)C1. The first kappa shape index (κ1) is 29.9. The van der Waals surface area contributed by atoms with E-state index in [1.54, 1.807) is 19.3 Å². The number of benzene rings is 1. The zero-order valence-electron chi connectivity index (χ0n) is 24.0. The number of carbonyl (C=O) groups is 2. The van der Waals surface area contributed by atoms with Crippen LogP contribution in [-0.2, 0) is 23.1 Å². The number of hydrogen-bond donors (Lipinski definition) is 3. The normalized spacial score (nSPS) is 18.8. The second-order valence-corrected chi connectivity index (χ2v) is 12.1. The number of primary amides is 1. The highest BCUT2D eigenvalue weighted by atomic mass is 35.5. The van der Waals surface area contributed by atoms with Crippen molar-refractivity contribution < 1.29 is 19.4 Å². The molecule has 3 aromatic heterocycles. The summed E-state index contributed by atoms with van der Waals surface area (Å²) in [6, 6.07) is 4.49. The summed E-state index contributed by atoms with van der Waals surface area (Å²) in [5, 5.41) is 13.4. The predicted molar refractivity (Wildman–Crippen MR) is 166 cm³/mol. The van der Waals surface area contributed by atoms with E-state index >= 15 is 0 Å². The molecule has 2 saturated heterocycles. The van der Waals surface area contributed by atoms with Crippen molar-refractivity contribution in [2.45, 2.75) is 18.6 Å². The summed E-state index contributed by atoms with van der Waals surface area (Å²) in [4.78, 5) is 51.8. The van der Waals surface area contributed by atoms with Gasteiger partial charge in [-0.2, -0.15) is 0 Å². The van der Waals surface area contributed by atoms with Crippen molar-refractivity contribution in [3.8, 4) is 16.9 Å². The molecular formula is C29H30Cl2N8O5. The molecule has 1 spiro atoms. The highest BCUT2D eigenvalue weighted by Crippen LogP contribution is 2.37. The number of likely N-dealkylation sites (N-methyl/N-ethyl adjacent to an activating group) is 1. The first-order valence-corrected chi connectivity index (χ1v) is 14.6. The third-order valence-electron chi connectivity index (χ3n) is 8.09. The van der Waals surface area contributed by atoms with E-state index in [1.165, 1.54) is 33.8 Å². The molecule has 13 nitrogen and oxygen atoms in total. The third-order valence-corrected chi connectivity index (χ3v) is 8.68. The van der Waals surface area contributed by atoms with Gasteiger partial charge in [0.25, 0.3) is 11.5 Å². The monoisotopic (exact) mass is 640 g/mol. The zero-order valence-corrected chi connectivity index (χ0v) is 25.5. The van der Waals surface area contributed by atoms with Gasteiger partial charge in [0.1, 0.15) is 23.8 Å². The molecule has 5 heterocycles. The lowest BCUT2D eigenvalue weighted by atomic mass is 10.0. The fraction of sp³-hybridized carbons (Fsp3) is 0.345. The molecule has 44 heavy (non-hydrogen) atoms. The van der Waals surface area contributed by atoms with Crippen molar-refractivity contribution in [2.75, 3.05) is 50.1 Å². The van der Waals surface area contributed by atoms with Crippen LogP contribution in [0.4, 0.5) is 11.5 Å². The summed E-state index contributed by atoms with van der Waals surface area (Å²) in [7, 11) is 3.63. The number of nitrogens with zero attached hydrogens (tertiary/aromatic N) is 6. The first-order chi connectivity index (χ1) is 20.9. The average molecular weight is 642 g/mol. The number of aromatic hydroxyl groups is 1. The van der Waals surface area contributed by atoms with E-state index in [-0.39, 0.29) is 44.3 Å². The van der Waals surface area contributed by atoms with Gasteiger partial charge in [0.15, 0.2) is 0 Å². The second kappa shape index (κ2) is 11.4. The molecule has 4 N–H and O–H groups in total. The van der Waals surface area contributed by atoms with E-state index in [1.807, 2.05) is 0 Å². The number of phenols is 1. The van der Waals surface area contributed by atoms with Crippen LogP contribution in [-0.4, -0.2) is 86.4 Å². The number of hydrogen-bond acceptors (Lipinski definition) is 9. The first-order valence-electron chi connectivity index (χ1n) is 13.8. The maximum Gasteiger partial charge on any atom is 0.263 e. The van der Waals surface area contributed by atoms with Gasteiger partial charge in [0, 0.05) is 51.1 Å². The number of halogens is 2. The Hall–Kier alpha value is -4.17. The van der Waals surface area contributed by atoms with Crippen LogP contribution in [0.3, 0.4) is 0 Å². The Balaban J connectivity index is 1.28. The third kappa shape index (κ3) is 5.47. The molecule has 2 amide bonds. The van der Waals surface area contributed by atoms with E-state index in [4.69, 9.17) is 33.7 Å². The Morgan fingerprint density at radius 3 is 2.68 bits per heavy atom. The Bertz CT molecular complexity index is 1870. The van der Waals surface area contributed by atoms with Gasteiger partial charge in [0.05, 0.1) is 51.4 Å². The maximum atomic E-state index is 13.4. The van der Waals surface area contributed by atoms with E-state index in [0.29, 0.717) is 35.8 Å². The Kier molecular flexibility index (Phi) is 7.74. The lowest BCUT2D eigenvalue weighted by molar-refractivity contribution is -0.116. The predicted octanol–water partition coefficient (Wildman–Crippen LogP) is 2.46. The van der Waals surface area contributed by atoms with Crippen LogP contribution >= 0.6 is 23.2 Å². The van der Waals surface area contributed by atoms with E-state index in [2.05, 4.69) is 32.1 Å². The molecule has 0 bridgehead atoms. The van der Waals surface area contributed by atoms with Crippen molar-refractivity contribution in [2.24, 2.45) is 12.8 Å². The minimum Gasteiger partial charge on any atom is -0.506 e. The summed E-state index contributed by atoms with van der Waals surface area (Å²) in [6.07, 6.45) is 5.29. The molecular weight excluding hydrogens is 611 g/mol. The van der Waals surface area contributed by atoms with E-state index in [0.717, 1.165) is 26.1 Å². The number of ether oxygens (including phenoxy) is 1. The number of aryl methyl sites for hydroxylation is 1. The smallest absolute Gasteiger partial charge is 0.263 e. The van der Waals surface area contributed by atoms with Gasteiger partial charge in [-0.05, 0) is 31.2 Å². The average Bonchev–Trinajstić information content (AvgIpc) is 3.54. The Labute approximate surface area is 261 Å². The van der Waals surface area contributed by atoms with Crippen molar-refractivity contribution in [1.82, 2.24) is 24.0 Å². The Morgan fingerprint density at radius 1 is 1.14 bits per heavy atom. The number of anilines is 2. The second-order valence-electron chi connectivity index (χ2n) is 11.3. The number of rotatable bonds is 6. The number of nitrogens with two attached hydrogens (primary N) is 1. The number of pyridine rings is 1. The van der Waals surface area contributed by atoms with Crippen LogP contribution in [0.25, 0.3) is 22.2 Å². The largest absolute Gasteiger partial charge is 0.506 e. The number of morpholine rings is 1. The molecule has 4 aromatic rings. The van der Waals surface area contributed by atoms with Gasteiger partial charge in [-0.15, -0.1) is 0 Å². The van der Waals surface area contributed by atoms with Gasteiger partial charge in [-0.25, -0.2) is 9.97 Å². The van der Waals surface area contributed by atoms with E-state index < -0.39 is 17.6 Å². The van der Waals surface area contributed by atoms with Crippen LogP contribution in [0.5, 0.6) is 5.75 Å². The Morgan fingerprint density at radius 2 is 1.93 bits per heavy atom. The van der Waals surface area contributed by atoms with Crippen LogP contribution in [0.1, 0.15) is 16.8 Å². The number of aromatic nitrogens is 4. The molecule has 2 aliphatic heterocycles. The highest BCUT2D eigenvalue weighted by Gasteiger charge is 2.42. The molecule has 0 aliphatic carbocycles. The molecule has 15 heteroatoms. The van der Waals surface area contributed by atoms with Gasteiger partial charge in [-0.3, -0.25) is 14.4 Å². The molecule has 2 aliphatic rings. The quantitative estimate of drug-likeness (QED) is 0.287. The van der Waals surface area contributed by atoms with Crippen LogP contribution in [0, 0.1) is 0 Å². The minimum atomic E-state index is -0.892. The van der Waals surface area contributed by atoms with Gasteiger partial charge < -0.3 is 39.8 Å². The van der Waals surface area contributed by atoms with Gasteiger partial charge in [0.2, 0.25) is 5.91 Å². The van der Waals surface area contributed by atoms with E-state index in [9.17, 15) is 19.5 Å². The fourth-order valence-corrected chi connectivity index (χ4v) is 6.28. The molecule has 1 unspecified atom stereocenters. The molecule has 1 atom stereocenters.